The number of amides is 3. The minimum atomic E-state index is -0.181. The van der Waals surface area contributed by atoms with Crippen LogP contribution in [0.3, 0.4) is 0 Å². The molecule has 2 saturated heterocycles. The molecule has 3 rings (SSSR count). The molecule has 2 fully saturated rings. The number of hydrogen-bond acceptors (Lipinski definition) is 4. The molecule has 1 aromatic rings. The Labute approximate surface area is 146 Å². The van der Waals surface area contributed by atoms with Crippen molar-refractivity contribution in [1.82, 2.24) is 10.2 Å². The molecular formula is C17H23N3O3S. The van der Waals surface area contributed by atoms with E-state index in [4.69, 9.17) is 4.74 Å². The lowest BCUT2D eigenvalue weighted by atomic mass is 10.1. The summed E-state index contributed by atoms with van der Waals surface area (Å²) in [5.74, 6) is 2.21. The lowest BCUT2D eigenvalue weighted by Crippen LogP contribution is -2.40. The van der Waals surface area contributed by atoms with Crippen molar-refractivity contribution in [2.45, 2.75) is 18.9 Å². The highest BCUT2D eigenvalue weighted by molar-refractivity contribution is 7.99. The van der Waals surface area contributed by atoms with Crippen molar-refractivity contribution in [3.8, 4) is 0 Å². The van der Waals surface area contributed by atoms with Gasteiger partial charge in [-0.25, -0.2) is 4.79 Å². The van der Waals surface area contributed by atoms with Crippen LogP contribution >= 0.6 is 11.8 Å². The molecule has 2 heterocycles. The van der Waals surface area contributed by atoms with Crippen LogP contribution in [0.2, 0.25) is 0 Å². The Morgan fingerprint density at radius 3 is 2.42 bits per heavy atom. The summed E-state index contributed by atoms with van der Waals surface area (Å²) >= 11 is 1.93. The van der Waals surface area contributed by atoms with Gasteiger partial charge in [-0.1, -0.05) is 0 Å². The molecule has 0 aliphatic carbocycles. The standard InChI is InChI=1S/C17H23N3O3S/c21-16(20-7-9-23-10-8-20)13-1-3-14(4-2-13)18-17(22)19-15-5-11-24-12-6-15/h1-4,15H,5-12H2,(H2,18,19,22). The highest BCUT2D eigenvalue weighted by Crippen LogP contribution is 2.17. The number of urea groups is 1. The van der Waals surface area contributed by atoms with E-state index in [0.29, 0.717) is 37.6 Å². The van der Waals surface area contributed by atoms with E-state index < -0.39 is 0 Å². The lowest BCUT2D eigenvalue weighted by molar-refractivity contribution is 0.0303. The monoisotopic (exact) mass is 349 g/mol. The first-order chi connectivity index (χ1) is 11.7. The van der Waals surface area contributed by atoms with Gasteiger partial charge < -0.3 is 20.3 Å². The van der Waals surface area contributed by atoms with Crippen molar-refractivity contribution in [1.29, 1.82) is 0 Å². The molecule has 2 aliphatic heterocycles. The summed E-state index contributed by atoms with van der Waals surface area (Å²) in [6.45, 7) is 2.43. The number of hydrogen-bond donors (Lipinski definition) is 2. The molecule has 0 radical (unpaired) electrons. The van der Waals surface area contributed by atoms with E-state index in [1.54, 1.807) is 29.2 Å². The van der Waals surface area contributed by atoms with E-state index in [1.165, 1.54) is 0 Å². The SMILES string of the molecule is O=C(Nc1ccc(C(=O)N2CCOCC2)cc1)NC1CCSCC1. The van der Waals surface area contributed by atoms with Gasteiger partial charge in [-0.3, -0.25) is 4.79 Å². The first-order valence-corrected chi connectivity index (χ1v) is 9.50. The van der Waals surface area contributed by atoms with Crippen LogP contribution in [0.1, 0.15) is 23.2 Å². The maximum atomic E-state index is 12.4. The maximum Gasteiger partial charge on any atom is 0.319 e. The summed E-state index contributed by atoms with van der Waals surface area (Å²) < 4.78 is 5.26. The molecule has 3 amide bonds. The number of carbonyl (C=O) groups excluding carboxylic acids is 2. The number of ether oxygens (including phenoxy) is 1. The Morgan fingerprint density at radius 1 is 1.08 bits per heavy atom. The summed E-state index contributed by atoms with van der Waals surface area (Å²) in [6, 6.07) is 7.12. The summed E-state index contributed by atoms with van der Waals surface area (Å²) in [4.78, 5) is 26.2. The van der Waals surface area contributed by atoms with Crippen LogP contribution in [0, 0.1) is 0 Å². The predicted octanol–water partition coefficient (Wildman–Crippen LogP) is 2.18. The molecule has 0 bridgehead atoms. The zero-order valence-corrected chi connectivity index (χ0v) is 14.4. The predicted molar refractivity (Wildman–Crippen MR) is 95.7 cm³/mol. The van der Waals surface area contributed by atoms with E-state index in [-0.39, 0.29) is 18.0 Å². The third kappa shape index (κ3) is 4.64. The summed E-state index contributed by atoms with van der Waals surface area (Å²) in [5.41, 5.74) is 1.32. The van der Waals surface area contributed by atoms with Crippen molar-refractivity contribution >= 4 is 29.4 Å². The topological polar surface area (TPSA) is 70.7 Å². The van der Waals surface area contributed by atoms with Crippen LogP contribution in [0.15, 0.2) is 24.3 Å². The Balaban J connectivity index is 1.52. The quantitative estimate of drug-likeness (QED) is 0.877. The molecule has 1 aromatic carbocycles. The van der Waals surface area contributed by atoms with Crippen LogP contribution in [0.5, 0.6) is 0 Å². The first kappa shape index (κ1) is 17.1. The average molecular weight is 349 g/mol. The summed E-state index contributed by atoms with van der Waals surface area (Å²) in [6.07, 6.45) is 2.04. The van der Waals surface area contributed by atoms with E-state index in [0.717, 1.165) is 24.3 Å². The van der Waals surface area contributed by atoms with Crippen molar-refractivity contribution < 1.29 is 14.3 Å². The van der Waals surface area contributed by atoms with Crippen LogP contribution in [-0.2, 0) is 4.74 Å². The van der Waals surface area contributed by atoms with Gasteiger partial charge in [0.05, 0.1) is 13.2 Å². The van der Waals surface area contributed by atoms with Gasteiger partial charge in [0.1, 0.15) is 0 Å². The zero-order valence-electron chi connectivity index (χ0n) is 13.6. The number of carbonyl (C=O) groups is 2. The van der Waals surface area contributed by atoms with E-state index in [2.05, 4.69) is 10.6 Å². The third-order valence-electron chi connectivity index (χ3n) is 4.24. The zero-order chi connectivity index (χ0) is 16.8. The Kier molecular flexibility index (Phi) is 5.98. The fourth-order valence-electron chi connectivity index (χ4n) is 2.84. The normalized spacial score (nSPS) is 18.9. The number of rotatable bonds is 3. The molecule has 0 spiro atoms. The fraction of sp³-hybridized carbons (Fsp3) is 0.529. The van der Waals surface area contributed by atoms with E-state index >= 15 is 0 Å². The molecule has 0 saturated carbocycles. The van der Waals surface area contributed by atoms with E-state index in [1.807, 2.05) is 11.8 Å². The highest BCUT2D eigenvalue weighted by Gasteiger charge is 2.19. The molecule has 2 aliphatic rings. The second kappa shape index (κ2) is 8.39. The van der Waals surface area contributed by atoms with Gasteiger partial charge in [0.2, 0.25) is 0 Å². The molecule has 0 aromatic heterocycles. The Hall–Kier alpha value is -1.73. The van der Waals surface area contributed by atoms with Crippen LogP contribution < -0.4 is 10.6 Å². The summed E-state index contributed by atoms with van der Waals surface area (Å²) in [5, 5.41) is 5.84. The first-order valence-electron chi connectivity index (χ1n) is 8.35. The highest BCUT2D eigenvalue weighted by atomic mass is 32.2. The molecule has 7 heteroatoms. The maximum absolute atomic E-state index is 12.4. The molecule has 130 valence electrons. The third-order valence-corrected chi connectivity index (χ3v) is 5.29. The van der Waals surface area contributed by atoms with Crippen molar-refractivity contribution in [2.24, 2.45) is 0 Å². The Bertz CT molecular complexity index is 567. The number of benzene rings is 1. The minimum Gasteiger partial charge on any atom is -0.378 e. The number of morpholine rings is 1. The minimum absolute atomic E-state index is 0.00834. The van der Waals surface area contributed by atoms with Crippen LogP contribution in [0.25, 0.3) is 0 Å². The number of nitrogens with one attached hydrogen (secondary N) is 2. The van der Waals surface area contributed by atoms with Gasteiger partial charge in [-0.15, -0.1) is 0 Å². The van der Waals surface area contributed by atoms with E-state index in [9.17, 15) is 9.59 Å². The Morgan fingerprint density at radius 2 is 1.75 bits per heavy atom. The van der Waals surface area contributed by atoms with Gasteiger partial charge >= 0.3 is 6.03 Å². The van der Waals surface area contributed by atoms with Crippen molar-refractivity contribution in [3.63, 3.8) is 0 Å². The van der Waals surface area contributed by atoms with Crippen molar-refractivity contribution in [3.05, 3.63) is 29.8 Å². The van der Waals surface area contributed by atoms with Gasteiger partial charge in [0.25, 0.3) is 5.91 Å². The molecule has 0 atom stereocenters. The molecule has 0 unspecified atom stereocenters. The van der Waals surface area contributed by atoms with Gasteiger partial charge in [0.15, 0.2) is 0 Å². The van der Waals surface area contributed by atoms with Crippen LogP contribution in [-0.4, -0.2) is 60.7 Å². The van der Waals surface area contributed by atoms with Crippen LogP contribution in [0.4, 0.5) is 10.5 Å². The van der Waals surface area contributed by atoms with Crippen molar-refractivity contribution in [2.75, 3.05) is 43.1 Å². The van der Waals surface area contributed by atoms with Gasteiger partial charge in [-0.2, -0.15) is 11.8 Å². The largest absolute Gasteiger partial charge is 0.378 e. The summed E-state index contributed by atoms with van der Waals surface area (Å²) in [7, 11) is 0. The molecule has 2 N–H and O–H groups in total. The number of thioether (sulfide) groups is 1. The van der Waals surface area contributed by atoms with Gasteiger partial charge in [0, 0.05) is 30.4 Å². The smallest absolute Gasteiger partial charge is 0.319 e. The lowest BCUT2D eigenvalue weighted by Gasteiger charge is -2.27. The number of anilines is 1. The molecular weight excluding hydrogens is 326 g/mol. The molecule has 24 heavy (non-hydrogen) atoms. The number of nitrogens with zero attached hydrogens (tertiary/aromatic N) is 1. The van der Waals surface area contributed by atoms with Gasteiger partial charge in [-0.05, 0) is 48.6 Å². The fourth-order valence-corrected chi connectivity index (χ4v) is 3.95. The average Bonchev–Trinajstić information content (AvgIpc) is 2.63. The second-order valence-electron chi connectivity index (χ2n) is 5.97. The second-order valence-corrected chi connectivity index (χ2v) is 7.19. The molecule has 6 nitrogen and oxygen atoms in total.